The summed E-state index contributed by atoms with van der Waals surface area (Å²) in [6.45, 7) is 0.535. The molecule has 0 radical (unpaired) electrons. The molecule has 2 fully saturated rings. The number of nitrogens with one attached hydrogen (secondary N) is 1. The van der Waals surface area contributed by atoms with Crippen LogP contribution in [0.4, 0.5) is 8.78 Å². The van der Waals surface area contributed by atoms with Crippen molar-refractivity contribution in [2.45, 2.75) is 37.6 Å². The number of halogens is 2. The van der Waals surface area contributed by atoms with Crippen molar-refractivity contribution in [1.82, 2.24) is 5.32 Å². The maximum atomic E-state index is 12.7. The van der Waals surface area contributed by atoms with Gasteiger partial charge in [0, 0.05) is 12.8 Å². The van der Waals surface area contributed by atoms with Crippen LogP contribution in [0.1, 0.15) is 25.7 Å². The number of alkyl halides is 2. The van der Waals surface area contributed by atoms with Gasteiger partial charge in [-0.05, 0) is 24.8 Å². The lowest BCUT2D eigenvalue weighted by Crippen LogP contribution is -2.56. The summed E-state index contributed by atoms with van der Waals surface area (Å²) in [5, 5.41) is 11.6. The minimum atomic E-state index is -2.56. The summed E-state index contributed by atoms with van der Waals surface area (Å²) in [4.78, 5) is 10.7. The van der Waals surface area contributed by atoms with Crippen molar-refractivity contribution in [3.8, 4) is 0 Å². The topological polar surface area (TPSA) is 49.3 Å². The molecule has 14 heavy (non-hydrogen) atoms. The Hall–Kier alpha value is -0.710. The van der Waals surface area contributed by atoms with Gasteiger partial charge in [-0.1, -0.05) is 0 Å². The molecule has 0 amide bonds. The third kappa shape index (κ3) is 1.61. The molecule has 1 unspecified atom stereocenters. The second kappa shape index (κ2) is 2.89. The largest absolute Gasteiger partial charge is 0.480 e. The maximum Gasteiger partial charge on any atom is 0.320 e. The molecule has 3 nitrogen and oxygen atoms in total. The van der Waals surface area contributed by atoms with E-state index in [-0.39, 0.29) is 12.8 Å². The number of aliphatic carboxylic acids is 1. The second-order valence-electron chi connectivity index (χ2n) is 4.51. The van der Waals surface area contributed by atoms with Gasteiger partial charge in [-0.3, -0.25) is 4.79 Å². The van der Waals surface area contributed by atoms with Gasteiger partial charge >= 0.3 is 5.97 Å². The summed E-state index contributed by atoms with van der Waals surface area (Å²) < 4.78 is 25.5. The van der Waals surface area contributed by atoms with Crippen LogP contribution in [0, 0.1) is 5.41 Å². The highest BCUT2D eigenvalue weighted by Gasteiger charge is 2.57. The lowest BCUT2D eigenvalue weighted by molar-refractivity contribution is -0.179. The molecule has 1 aliphatic carbocycles. The molecule has 0 aromatic carbocycles. The molecule has 0 aromatic heterocycles. The third-order valence-corrected chi connectivity index (χ3v) is 3.25. The van der Waals surface area contributed by atoms with E-state index in [0.29, 0.717) is 19.4 Å². The van der Waals surface area contributed by atoms with E-state index in [2.05, 4.69) is 5.32 Å². The molecule has 1 aliphatic heterocycles. The zero-order chi connectivity index (χ0) is 10.4. The Morgan fingerprint density at radius 1 is 1.43 bits per heavy atom. The zero-order valence-corrected chi connectivity index (χ0v) is 7.72. The van der Waals surface area contributed by atoms with Crippen molar-refractivity contribution in [3.05, 3.63) is 0 Å². The molecular weight excluding hydrogens is 192 g/mol. The molecule has 1 heterocycles. The van der Waals surface area contributed by atoms with Crippen LogP contribution in [0.2, 0.25) is 0 Å². The Balaban J connectivity index is 1.99. The number of hydrogen-bond acceptors (Lipinski definition) is 2. The van der Waals surface area contributed by atoms with E-state index in [1.165, 1.54) is 0 Å². The molecule has 5 heteroatoms. The van der Waals surface area contributed by atoms with Crippen molar-refractivity contribution < 1.29 is 18.7 Å². The molecule has 2 N–H and O–H groups in total. The smallest absolute Gasteiger partial charge is 0.320 e. The predicted molar refractivity (Wildman–Crippen MR) is 45.3 cm³/mol. The second-order valence-corrected chi connectivity index (χ2v) is 4.51. The van der Waals surface area contributed by atoms with Crippen LogP contribution in [0.5, 0.6) is 0 Å². The van der Waals surface area contributed by atoms with Crippen LogP contribution in [-0.2, 0) is 4.79 Å². The Labute approximate surface area is 80.5 Å². The van der Waals surface area contributed by atoms with Crippen LogP contribution in [-0.4, -0.2) is 29.6 Å². The van der Waals surface area contributed by atoms with Crippen LogP contribution >= 0.6 is 0 Å². The predicted octanol–water partition coefficient (Wildman–Crippen LogP) is 1.24. The Kier molecular flexibility index (Phi) is 2.03. The van der Waals surface area contributed by atoms with Crippen LogP contribution in [0.3, 0.4) is 0 Å². The Bertz CT molecular complexity index is 260. The average molecular weight is 205 g/mol. The van der Waals surface area contributed by atoms with Gasteiger partial charge in [-0.25, -0.2) is 8.78 Å². The minimum Gasteiger partial charge on any atom is -0.480 e. The van der Waals surface area contributed by atoms with Crippen LogP contribution in [0.15, 0.2) is 0 Å². The van der Waals surface area contributed by atoms with Gasteiger partial charge < -0.3 is 10.4 Å². The fourth-order valence-corrected chi connectivity index (χ4v) is 2.66. The fraction of sp³-hybridized carbons (Fsp3) is 0.889. The monoisotopic (exact) mass is 205 g/mol. The summed E-state index contributed by atoms with van der Waals surface area (Å²) in [7, 11) is 0. The molecule has 2 rings (SSSR count). The molecule has 1 saturated carbocycles. The Morgan fingerprint density at radius 2 is 2.07 bits per heavy atom. The first kappa shape index (κ1) is 9.83. The SMILES string of the molecule is O=C(O)C1CC2(CCN1)CC(F)(F)C2. The van der Waals surface area contributed by atoms with Gasteiger partial charge in [0.25, 0.3) is 0 Å². The van der Waals surface area contributed by atoms with Gasteiger partial charge in [0.15, 0.2) is 0 Å². The normalized spacial score (nSPS) is 33.7. The molecule has 0 bridgehead atoms. The number of carbonyl (C=O) groups is 1. The summed E-state index contributed by atoms with van der Waals surface area (Å²) in [6, 6.07) is -0.639. The maximum absolute atomic E-state index is 12.7. The lowest BCUT2D eigenvalue weighted by atomic mass is 9.60. The van der Waals surface area contributed by atoms with Gasteiger partial charge in [0.05, 0.1) is 0 Å². The van der Waals surface area contributed by atoms with Crippen molar-refractivity contribution in [3.63, 3.8) is 0 Å². The van der Waals surface area contributed by atoms with E-state index in [1.54, 1.807) is 0 Å². The van der Waals surface area contributed by atoms with Gasteiger partial charge in [-0.2, -0.15) is 0 Å². The molecule has 1 saturated heterocycles. The van der Waals surface area contributed by atoms with Crippen molar-refractivity contribution in [1.29, 1.82) is 0 Å². The number of hydrogen-bond donors (Lipinski definition) is 2. The third-order valence-electron chi connectivity index (χ3n) is 3.25. The van der Waals surface area contributed by atoms with Gasteiger partial charge in [-0.15, -0.1) is 0 Å². The fourth-order valence-electron chi connectivity index (χ4n) is 2.66. The van der Waals surface area contributed by atoms with Crippen molar-refractivity contribution in [2.75, 3.05) is 6.54 Å². The molecule has 80 valence electrons. The van der Waals surface area contributed by atoms with Crippen molar-refractivity contribution in [2.24, 2.45) is 5.41 Å². The van der Waals surface area contributed by atoms with Crippen LogP contribution < -0.4 is 5.32 Å². The van der Waals surface area contributed by atoms with Crippen LogP contribution in [0.25, 0.3) is 0 Å². The molecule has 2 aliphatic rings. The van der Waals surface area contributed by atoms with E-state index in [1.807, 2.05) is 0 Å². The van der Waals surface area contributed by atoms with E-state index < -0.39 is 23.3 Å². The summed E-state index contributed by atoms with van der Waals surface area (Å²) in [6.07, 6.45) is 0.751. The zero-order valence-electron chi connectivity index (χ0n) is 7.72. The summed E-state index contributed by atoms with van der Waals surface area (Å²) >= 11 is 0. The van der Waals surface area contributed by atoms with E-state index in [4.69, 9.17) is 5.11 Å². The van der Waals surface area contributed by atoms with Gasteiger partial charge in [0.1, 0.15) is 6.04 Å². The quantitative estimate of drug-likeness (QED) is 0.677. The van der Waals surface area contributed by atoms with Gasteiger partial charge in [0.2, 0.25) is 5.92 Å². The Morgan fingerprint density at radius 3 is 2.57 bits per heavy atom. The minimum absolute atomic E-state index is 0.133. The first-order valence-corrected chi connectivity index (χ1v) is 4.77. The highest BCUT2D eigenvalue weighted by Crippen LogP contribution is 2.57. The average Bonchev–Trinajstić information content (AvgIpc) is 2.00. The first-order valence-electron chi connectivity index (χ1n) is 4.77. The summed E-state index contributed by atoms with van der Waals surface area (Å²) in [5.74, 6) is -3.49. The molecule has 1 spiro atoms. The molecular formula is C9H13F2NO2. The number of carboxylic acids is 1. The van der Waals surface area contributed by atoms with E-state index >= 15 is 0 Å². The number of piperidine rings is 1. The summed E-state index contributed by atoms with van der Waals surface area (Å²) in [5.41, 5.74) is -0.405. The highest BCUT2D eigenvalue weighted by molar-refractivity contribution is 5.73. The molecule has 0 aromatic rings. The lowest BCUT2D eigenvalue weighted by Gasteiger charge is -2.51. The molecule has 1 atom stereocenters. The van der Waals surface area contributed by atoms with Crippen molar-refractivity contribution >= 4 is 5.97 Å². The number of rotatable bonds is 1. The standard InChI is InChI=1S/C9H13F2NO2/c10-9(11)4-8(5-9)1-2-12-6(3-8)7(13)14/h6,12H,1-5H2,(H,13,14). The van der Waals surface area contributed by atoms with E-state index in [0.717, 1.165) is 0 Å². The number of carboxylic acid groups (broad SMARTS) is 1. The highest BCUT2D eigenvalue weighted by atomic mass is 19.3. The first-order chi connectivity index (χ1) is 6.43. The van der Waals surface area contributed by atoms with E-state index in [9.17, 15) is 13.6 Å².